The SMILES string of the molecule is CC(=O)Nc1ccc(S(=O)(=O)Oc2ccc(/C=C3\SC(=O)N(Cc4ccccc4C)C3=O)cc2)cc1. The number of imide groups is 1. The van der Waals surface area contributed by atoms with Gasteiger partial charge in [0.1, 0.15) is 10.6 Å². The Bertz CT molecular complexity index is 1460. The van der Waals surface area contributed by atoms with E-state index in [2.05, 4.69) is 5.32 Å². The van der Waals surface area contributed by atoms with Crippen molar-refractivity contribution in [3.05, 3.63) is 94.4 Å². The molecular formula is C26H22N2O6S2. The second-order valence-corrected chi connectivity index (χ2v) is 10.5. The molecule has 1 fully saturated rings. The quantitative estimate of drug-likeness (QED) is 0.345. The van der Waals surface area contributed by atoms with Crippen LogP contribution in [0.15, 0.2) is 82.6 Å². The van der Waals surface area contributed by atoms with Crippen molar-refractivity contribution >= 4 is 50.7 Å². The number of hydrogen-bond donors (Lipinski definition) is 1. The molecule has 4 rings (SSSR count). The van der Waals surface area contributed by atoms with Crippen molar-refractivity contribution < 1.29 is 27.0 Å². The summed E-state index contributed by atoms with van der Waals surface area (Å²) in [7, 11) is -4.09. The van der Waals surface area contributed by atoms with Crippen molar-refractivity contribution in [2.75, 3.05) is 5.32 Å². The molecule has 0 aromatic heterocycles. The van der Waals surface area contributed by atoms with Crippen LogP contribution < -0.4 is 9.50 Å². The number of nitrogens with zero attached hydrogens (tertiary/aromatic N) is 1. The fraction of sp³-hybridized carbons (Fsp3) is 0.115. The highest BCUT2D eigenvalue weighted by molar-refractivity contribution is 8.18. The average Bonchev–Trinajstić information content (AvgIpc) is 3.09. The summed E-state index contributed by atoms with van der Waals surface area (Å²) in [5.41, 5.74) is 2.97. The minimum atomic E-state index is -4.09. The highest BCUT2D eigenvalue weighted by Gasteiger charge is 2.35. The van der Waals surface area contributed by atoms with Crippen LogP contribution in [0.1, 0.15) is 23.6 Å². The van der Waals surface area contributed by atoms with Gasteiger partial charge in [-0.2, -0.15) is 8.42 Å². The van der Waals surface area contributed by atoms with Crippen molar-refractivity contribution in [3.63, 3.8) is 0 Å². The van der Waals surface area contributed by atoms with Gasteiger partial charge in [-0.3, -0.25) is 19.3 Å². The van der Waals surface area contributed by atoms with E-state index >= 15 is 0 Å². The topological polar surface area (TPSA) is 110 Å². The lowest BCUT2D eigenvalue weighted by Gasteiger charge is -2.14. The third-order valence-electron chi connectivity index (χ3n) is 5.31. The van der Waals surface area contributed by atoms with Crippen molar-refractivity contribution in [3.8, 4) is 5.75 Å². The molecule has 0 saturated carbocycles. The molecule has 0 aliphatic carbocycles. The van der Waals surface area contributed by atoms with E-state index in [9.17, 15) is 22.8 Å². The molecule has 1 N–H and O–H groups in total. The van der Waals surface area contributed by atoms with Gasteiger partial charge >= 0.3 is 10.1 Å². The number of anilines is 1. The van der Waals surface area contributed by atoms with Gasteiger partial charge in [0.15, 0.2) is 0 Å². The van der Waals surface area contributed by atoms with Crippen LogP contribution in [0.5, 0.6) is 5.75 Å². The van der Waals surface area contributed by atoms with E-state index in [-0.39, 0.29) is 39.1 Å². The normalized spacial score (nSPS) is 14.8. The van der Waals surface area contributed by atoms with Gasteiger partial charge in [0.25, 0.3) is 11.1 Å². The Morgan fingerprint density at radius 3 is 2.31 bits per heavy atom. The van der Waals surface area contributed by atoms with Gasteiger partial charge in [-0.25, -0.2) is 0 Å². The Hall–Kier alpha value is -3.89. The summed E-state index contributed by atoms with van der Waals surface area (Å²) in [6.07, 6.45) is 1.59. The largest absolute Gasteiger partial charge is 0.379 e. The molecule has 36 heavy (non-hydrogen) atoms. The Morgan fingerprint density at radius 2 is 1.67 bits per heavy atom. The summed E-state index contributed by atoms with van der Waals surface area (Å²) in [6, 6.07) is 19.3. The fourth-order valence-corrected chi connectivity index (χ4v) is 5.22. The molecule has 0 bridgehead atoms. The Morgan fingerprint density at radius 1 is 1.00 bits per heavy atom. The predicted molar refractivity (Wildman–Crippen MR) is 138 cm³/mol. The highest BCUT2D eigenvalue weighted by atomic mass is 32.2. The predicted octanol–water partition coefficient (Wildman–Crippen LogP) is 4.96. The minimum Gasteiger partial charge on any atom is -0.379 e. The molecule has 3 amide bonds. The van der Waals surface area contributed by atoms with Crippen LogP contribution in [0.25, 0.3) is 6.08 Å². The zero-order chi connectivity index (χ0) is 25.9. The maximum Gasteiger partial charge on any atom is 0.339 e. The Balaban J connectivity index is 1.44. The van der Waals surface area contributed by atoms with Gasteiger partial charge in [-0.15, -0.1) is 0 Å². The van der Waals surface area contributed by atoms with Crippen LogP contribution in [-0.4, -0.2) is 30.4 Å². The van der Waals surface area contributed by atoms with Gasteiger partial charge in [0.2, 0.25) is 5.91 Å². The molecule has 0 radical (unpaired) electrons. The second-order valence-electron chi connectivity index (χ2n) is 8.01. The van der Waals surface area contributed by atoms with Gasteiger partial charge in [0.05, 0.1) is 11.4 Å². The molecular weight excluding hydrogens is 500 g/mol. The van der Waals surface area contributed by atoms with Gasteiger partial charge < -0.3 is 9.50 Å². The first-order chi connectivity index (χ1) is 17.1. The molecule has 1 saturated heterocycles. The summed E-state index contributed by atoms with van der Waals surface area (Å²) < 4.78 is 30.3. The van der Waals surface area contributed by atoms with E-state index in [0.29, 0.717) is 11.3 Å². The van der Waals surface area contributed by atoms with Crippen LogP contribution in [0, 0.1) is 6.92 Å². The average molecular weight is 523 g/mol. The van der Waals surface area contributed by atoms with Crippen molar-refractivity contribution in [2.24, 2.45) is 0 Å². The fourth-order valence-electron chi connectivity index (χ4n) is 3.45. The van der Waals surface area contributed by atoms with Crippen LogP contribution in [0.3, 0.4) is 0 Å². The first kappa shape index (κ1) is 25.2. The lowest BCUT2D eigenvalue weighted by molar-refractivity contribution is -0.123. The molecule has 8 nitrogen and oxygen atoms in total. The van der Waals surface area contributed by atoms with Gasteiger partial charge in [-0.05, 0) is 77.9 Å². The van der Waals surface area contributed by atoms with Gasteiger partial charge in [-0.1, -0.05) is 36.4 Å². The molecule has 3 aromatic carbocycles. The first-order valence-electron chi connectivity index (χ1n) is 10.8. The minimum absolute atomic E-state index is 0.0667. The highest BCUT2D eigenvalue weighted by Crippen LogP contribution is 2.34. The number of carbonyl (C=O) groups is 3. The molecule has 3 aromatic rings. The van der Waals surface area contributed by atoms with Gasteiger partial charge in [0, 0.05) is 12.6 Å². The molecule has 0 spiro atoms. The number of aryl methyl sites for hydroxylation is 1. The summed E-state index contributed by atoms with van der Waals surface area (Å²) in [5.74, 6) is -0.553. The number of hydrogen-bond acceptors (Lipinski definition) is 7. The van der Waals surface area contributed by atoms with E-state index in [1.54, 1.807) is 18.2 Å². The van der Waals surface area contributed by atoms with Crippen molar-refractivity contribution in [1.29, 1.82) is 0 Å². The summed E-state index contributed by atoms with van der Waals surface area (Å²) in [4.78, 5) is 37.8. The number of thioether (sulfide) groups is 1. The molecule has 0 unspecified atom stereocenters. The molecule has 0 atom stereocenters. The summed E-state index contributed by atoms with van der Waals surface area (Å²) >= 11 is 0.863. The monoisotopic (exact) mass is 522 g/mol. The van der Waals surface area contributed by atoms with Crippen LogP contribution in [0.2, 0.25) is 0 Å². The molecule has 1 aliphatic rings. The lowest BCUT2D eigenvalue weighted by Crippen LogP contribution is -2.27. The molecule has 1 heterocycles. The lowest BCUT2D eigenvalue weighted by atomic mass is 10.1. The maximum absolute atomic E-state index is 12.8. The van der Waals surface area contributed by atoms with Crippen molar-refractivity contribution in [2.45, 2.75) is 25.3 Å². The number of carbonyl (C=O) groups excluding carboxylic acids is 3. The molecule has 1 aliphatic heterocycles. The van der Waals surface area contributed by atoms with E-state index in [1.165, 1.54) is 48.2 Å². The zero-order valence-corrected chi connectivity index (χ0v) is 21.1. The Labute approximate surface area is 213 Å². The third kappa shape index (κ3) is 5.84. The van der Waals surface area contributed by atoms with Crippen molar-refractivity contribution in [1.82, 2.24) is 4.90 Å². The van der Waals surface area contributed by atoms with E-state index in [1.807, 2.05) is 31.2 Å². The first-order valence-corrected chi connectivity index (χ1v) is 13.1. The van der Waals surface area contributed by atoms with Crippen LogP contribution in [0.4, 0.5) is 10.5 Å². The smallest absolute Gasteiger partial charge is 0.339 e. The Kier molecular flexibility index (Phi) is 7.27. The van der Waals surface area contributed by atoms with E-state index in [0.717, 1.165) is 22.9 Å². The van der Waals surface area contributed by atoms with Crippen LogP contribution >= 0.6 is 11.8 Å². The summed E-state index contributed by atoms with van der Waals surface area (Å²) in [5, 5.41) is 2.22. The number of rotatable bonds is 7. The molecule has 10 heteroatoms. The standard InChI is InChI=1S/C26H22N2O6S2/c1-17-5-3-4-6-20(17)16-28-25(30)24(35-26(28)31)15-19-7-11-22(12-8-19)34-36(32,33)23-13-9-21(10-14-23)27-18(2)29/h3-15H,16H2,1-2H3,(H,27,29)/b24-15-. The van der Waals surface area contributed by atoms with Crippen LogP contribution in [-0.2, 0) is 26.3 Å². The third-order valence-corrected chi connectivity index (χ3v) is 7.48. The number of benzene rings is 3. The van der Waals surface area contributed by atoms with E-state index < -0.39 is 10.1 Å². The zero-order valence-electron chi connectivity index (χ0n) is 19.4. The molecule has 184 valence electrons. The van der Waals surface area contributed by atoms with E-state index in [4.69, 9.17) is 4.18 Å². The second kappa shape index (κ2) is 10.4. The number of nitrogens with one attached hydrogen (secondary N) is 1. The maximum atomic E-state index is 12.8. The summed E-state index contributed by atoms with van der Waals surface area (Å²) in [6.45, 7) is 3.48. The number of amides is 3.